The second-order valence-corrected chi connectivity index (χ2v) is 6.37. The fourth-order valence-corrected chi connectivity index (χ4v) is 2.75. The third-order valence-electron chi connectivity index (χ3n) is 4.33. The second kappa shape index (κ2) is 9.45. The number of hydrogen-bond acceptors (Lipinski definition) is 6. The molecule has 0 aliphatic carbocycles. The molecule has 29 heavy (non-hydrogen) atoms. The Bertz CT molecular complexity index is 986. The Labute approximate surface area is 169 Å². The molecule has 0 saturated carbocycles. The van der Waals surface area contributed by atoms with Crippen LogP contribution in [0.15, 0.2) is 60.9 Å². The zero-order valence-electron chi connectivity index (χ0n) is 16.3. The minimum absolute atomic E-state index is 0.0231. The Kier molecular flexibility index (Phi) is 6.52. The van der Waals surface area contributed by atoms with Crippen LogP contribution < -0.4 is 15.4 Å². The second-order valence-electron chi connectivity index (χ2n) is 6.37. The summed E-state index contributed by atoms with van der Waals surface area (Å²) in [6, 6.07) is 14.5. The van der Waals surface area contributed by atoms with E-state index in [2.05, 4.69) is 20.6 Å². The molecule has 0 aliphatic rings. The van der Waals surface area contributed by atoms with Crippen molar-refractivity contribution in [1.29, 1.82) is 0 Å². The fourth-order valence-electron chi connectivity index (χ4n) is 2.75. The van der Waals surface area contributed by atoms with Gasteiger partial charge < -0.3 is 15.4 Å². The molecule has 148 valence electrons. The molecule has 0 aliphatic heterocycles. The maximum Gasteiger partial charge on any atom is 0.258 e. The number of methoxy groups -OCH3 is 1. The summed E-state index contributed by atoms with van der Waals surface area (Å²) in [5.41, 5.74) is 2.62. The van der Waals surface area contributed by atoms with Crippen LogP contribution in [-0.2, 0) is 6.42 Å². The average molecular weight is 390 g/mol. The highest BCUT2D eigenvalue weighted by molar-refractivity contribution is 6.04. The van der Waals surface area contributed by atoms with Crippen molar-refractivity contribution in [2.45, 2.75) is 13.3 Å². The number of aromatic nitrogens is 2. The van der Waals surface area contributed by atoms with Gasteiger partial charge in [0.15, 0.2) is 5.78 Å². The lowest BCUT2D eigenvalue weighted by molar-refractivity contribution is 0.101. The van der Waals surface area contributed by atoms with Crippen LogP contribution in [0.5, 0.6) is 5.75 Å². The summed E-state index contributed by atoms with van der Waals surface area (Å²) in [5, 5.41) is 5.89. The molecule has 1 heterocycles. The van der Waals surface area contributed by atoms with Gasteiger partial charge >= 0.3 is 0 Å². The van der Waals surface area contributed by atoms with E-state index in [1.165, 1.54) is 19.3 Å². The first-order chi connectivity index (χ1) is 14.1. The summed E-state index contributed by atoms with van der Waals surface area (Å²) >= 11 is 0. The molecule has 7 heteroatoms. The smallest absolute Gasteiger partial charge is 0.258 e. The first kappa shape index (κ1) is 20.0. The molecule has 0 unspecified atom stereocenters. The Morgan fingerprint density at radius 1 is 0.966 bits per heavy atom. The number of Topliss-reactive ketones (excluding diaryl/α,β-unsaturated/α-hetero) is 1. The van der Waals surface area contributed by atoms with Crippen molar-refractivity contribution < 1.29 is 14.3 Å². The van der Waals surface area contributed by atoms with Crippen molar-refractivity contribution >= 4 is 23.3 Å². The number of benzene rings is 2. The lowest BCUT2D eigenvalue weighted by Gasteiger charge is -2.09. The Morgan fingerprint density at radius 3 is 2.31 bits per heavy atom. The monoisotopic (exact) mass is 390 g/mol. The number of carbonyl (C=O) groups excluding carboxylic acids is 2. The molecule has 0 saturated heterocycles. The van der Waals surface area contributed by atoms with Crippen molar-refractivity contribution in [1.82, 2.24) is 9.97 Å². The maximum atomic E-state index is 12.3. The number of anilines is 2. The third kappa shape index (κ3) is 5.38. The minimum Gasteiger partial charge on any atom is -0.496 e. The zero-order valence-corrected chi connectivity index (χ0v) is 16.3. The summed E-state index contributed by atoms with van der Waals surface area (Å²) in [7, 11) is 1.65. The molecule has 0 spiro atoms. The first-order valence-corrected chi connectivity index (χ1v) is 9.17. The lowest BCUT2D eigenvalue weighted by Crippen LogP contribution is -2.14. The van der Waals surface area contributed by atoms with Gasteiger partial charge in [-0.2, -0.15) is 0 Å². The van der Waals surface area contributed by atoms with Crippen LogP contribution in [0.3, 0.4) is 0 Å². The molecule has 1 aromatic heterocycles. The van der Waals surface area contributed by atoms with Gasteiger partial charge in [-0.3, -0.25) is 9.59 Å². The predicted octanol–water partition coefficient (Wildman–Crippen LogP) is 3.59. The number of amides is 1. The van der Waals surface area contributed by atoms with Gasteiger partial charge in [0.2, 0.25) is 5.95 Å². The van der Waals surface area contributed by atoms with Crippen molar-refractivity contribution in [3.05, 3.63) is 77.6 Å². The van der Waals surface area contributed by atoms with Crippen LogP contribution >= 0.6 is 0 Å². The van der Waals surface area contributed by atoms with Gasteiger partial charge in [-0.05, 0) is 49.2 Å². The van der Waals surface area contributed by atoms with E-state index in [0.29, 0.717) is 29.3 Å². The van der Waals surface area contributed by atoms with Gasteiger partial charge in [-0.15, -0.1) is 0 Å². The van der Waals surface area contributed by atoms with Gasteiger partial charge in [-0.1, -0.05) is 18.2 Å². The summed E-state index contributed by atoms with van der Waals surface area (Å²) in [6.07, 6.45) is 3.70. The number of hydrogen-bond donors (Lipinski definition) is 2. The first-order valence-electron chi connectivity index (χ1n) is 9.17. The Morgan fingerprint density at radius 2 is 1.66 bits per heavy atom. The molecule has 2 aromatic carbocycles. The zero-order chi connectivity index (χ0) is 20.6. The van der Waals surface area contributed by atoms with Gasteiger partial charge in [0.1, 0.15) is 5.75 Å². The molecule has 0 atom stereocenters. The van der Waals surface area contributed by atoms with E-state index in [1.807, 2.05) is 24.3 Å². The number of nitrogens with one attached hydrogen (secondary N) is 2. The van der Waals surface area contributed by atoms with E-state index in [-0.39, 0.29) is 11.7 Å². The molecule has 1 amide bonds. The summed E-state index contributed by atoms with van der Waals surface area (Å²) in [4.78, 5) is 32.0. The van der Waals surface area contributed by atoms with Crippen LogP contribution in [-0.4, -0.2) is 35.3 Å². The molecular formula is C22H22N4O3. The van der Waals surface area contributed by atoms with Gasteiger partial charge in [-0.25, -0.2) is 9.97 Å². The normalized spacial score (nSPS) is 10.3. The van der Waals surface area contributed by atoms with E-state index >= 15 is 0 Å². The lowest BCUT2D eigenvalue weighted by atomic mass is 10.1. The number of para-hydroxylation sites is 1. The number of rotatable bonds is 8. The van der Waals surface area contributed by atoms with Gasteiger partial charge in [0.25, 0.3) is 5.91 Å². The van der Waals surface area contributed by atoms with Crippen molar-refractivity contribution in [2.24, 2.45) is 0 Å². The number of ketones is 1. The molecule has 0 bridgehead atoms. The highest BCUT2D eigenvalue weighted by Gasteiger charge is 2.09. The van der Waals surface area contributed by atoms with Crippen LogP contribution in [0.2, 0.25) is 0 Å². The molecule has 2 N–H and O–H groups in total. The summed E-state index contributed by atoms with van der Waals surface area (Å²) < 4.78 is 5.34. The fraction of sp³-hybridized carbons (Fsp3) is 0.182. The summed E-state index contributed by atoms with van der Waals surface area (Å²) in [5.74, 6) is 0.951. The molecule has 0 radical (unpaired) electrons. The highest BCUT2D eigenvalue weighted by Crippen LogP contribution is 2.17. The van der Waals surface area contributed by atoms with Crippen LogP contribution in [0.1, 0.15) is 33.2 Å². The van der Waals surface area contributed by atoms with E-state index < -0.39 is 0 Å². The van der Waals surface area contributed by atoms with Crippen LogP contribution in [0.4, 0.5) is 11.6 Å². The van der Waals surface area contributed by atoms with Crippen molar-refractivity contribution in [2.75, 3.05) is 24.3 Å². The van der Waals surface area contributed by atoms with Crippen LogP contribution in [0, 0.1) is 0 Å². The number of carbonyl (C=O) groups is 2. The molecule has 0 fully saturated rings. The molecule has 7 nitrogen and oxygen atoms in total. The minimum atomic E-state index is -0.318. The number of ether oxygens (including phenoxy) is 1. The molecule has 3 aromatic rings. The van der Waals surface area contributed by atoms with E-state index in [4.69, 9.17) is 4.74 Å². The average Bonchev–Trinajstić information content (AvgIpc) is 2.75. The third-order valence-corrected chi connectivity index (χ3v) is 4.33. The van der Waals surface area contributed by atoms with E-state index in [9.17, 15) is 9.59 Å². The molecular weight excluding hydrogens is 368 g/mol. The number of nitrogens with zero attached hydrogens (tertiary/aromatic N) is 2. The Balaban J connectivity index is 1.53. The van der Waals surface area contributed by atoms with E-state index in [1.54, 1.807) is 31.4 Å². The van der Waals surface area contributed by atoms with Crippen molar-refractivity contribution in [3.63, 3.8) is 0 Å². The Hall–Kier alpha value is -3.74. The van der Waals surface area contributed by atoms with Gasteiger partial charge in [0.05, 0.1) is 12.7 Å². The SMILES string of the molecule is COc1ccccc1CCNc1ncc(C(=O)Nc2ccc(C(C)=O)cc2)cn1. The maximum absolute atomic E-state index is 12.3. The largest absolute Gasteiger partial charge is 0.496 e. The van der Waals surface area contributed by atoms with E-state index in [0.717, 1.165) is 17.7 Å². The molecule has 3 rings (SSSR count). The topological polar surface area (TPSA) is 93.2 Å². The summed E-state index contributed by atoms with van der Waals surface area (Å²) in [6.45, 7) is 2.13. The van der Waals surface area contributed by atoms with Crippen molar-refractivity contribution in [3.8, 4) is 5.75 Å². The predicted molar refractivity (Wildman–Crippen MR) is 112 cm³/mol. The standard InChI is InChI=1S/C22H22N4O3/c1-15(27)16-7-9-19(10-8-16)26-21(28)18-13-24-22(25-14-18)23-12-11-17-5-3-4-6-20(17)29-2/h3-10,13-14H,11-12H2,1-2H3,(H,26,28)(H,23,24,25). The highest BCUT2D eigenvalue weighted by atomic mass is 16.5. The van der Waals surface area contributed by atoms with Crippen LogP contribution in [0.25, 0.3) is 0 Å². The quantitative estimate of drug-likeness (QED) is 0.571. The van der Waals surface area contributed by atoms with Gasteiger partial charge in [0, 0.05) is 30.2 Å².